The molecular formula is C19H19N3O3. The molecule has 1 N–H and O–H groups in total. The highest BCUT2D eigenvalue weighted by atomic mass is 16.5. The van der Waals surface area contributed by atoms with Gasteiger partial charge in [0.2, 0.25) is 5.56 Å². The summed E-state index contributed by atoms with van der Waals surface area (Å²) >= 11 is 0. The van der Waals surface area contributed by atoms with E-state index in [0.29, 0.717) is 23.7 Å². The number of pyridine rings is 1. The van der Waals surface area contributed by atoms with E-state index >= 15 is 0 Å². The van der Waals surface area contributed by atoms with Crippen LogP contribution in [0.25, 0.3) is 11.0 Å². The minimum Gasteiger partial charge on any atom is -0.462 e. The van der Waals surface area contributed by atoms with Crippen LogP contribution >= 0.6 is 0 Å². The third-order valence-electron chi connectivity index (χ3n) is 4.40. The number of H-pyrrole nitrogens is 1. The molecule has 1 aliphatic rings. The lowest BCUT2D eigenvalue weighted by Crippen LogP contribution is -2.14. The number of carbonyl (C=O) groups excluding carboxylic acids is 1. The first-order valence-corrected chi connectivity index (χ1v) is 8.52. The number of hydrogen-bond donors (Lipinski definition) is 1. The predicted octanol–water partition coefficient (Wildman–Crippen LogP) is 2.83. The maximum atomic E-state index is 12.4. The molecule has 0 spiro atoms. The van der Waals surface area contributed by atoms with Crippen LogP contribution in [0.2, 0.25) is 0 Å². The molecular weight excluding hydrogens is 318 g/mol. The van der Waals surface area contributed by atoms with Gasteiger partial charge < -0.3 is 9.72 Å². The molecule has 0 bridgehead atoms. The molecule has 4 rings (SSSR count). The lowest BCUT2D eigenvalue weighted by molar-refractivity contribution is 0.0528. The number of rotatable bonds is 5. The smallest absolute Gasteiger partial charge is 0.339 e. The number of fused-ring (bicyclic) bond motifs is 1. The number of nitrogens with zero attached hydrogens (tertiary/aromatic N) is 2. The Morgan fingerprint density at radius 2 is 2.08 bits per heavy atom. The van der Waals surface area contributed by atoms with Gasteiger partial charge in [0.1, 0.15) is 5.65 Å². The van der Waals surface area contributed by atoms with Gasteiger partial charge in [-0.2, -0.15) is 5.10 Å². The Morgan fingerprint density at radius 3 is 2.76 bits per heavy atom. The van der Waals surface area contributed by atoms with E-state index in [1.54, 1.807) is 11.6 Å². The van der Waals surface area contributed by atoms with Gasteiger partial charge in [-0.1, -0.05) is 30.3 Å². The zero-order valence-corrected chi connectivity index (χ0v) is 14.0. The van der Waals surface area contributed by atoms with Crippen LogP contribution < -0.4 is 5.56 Å². The average molecular weight is 337 g/mol. The molecule has 6 heteroatoms. The molecule has 1 aromatic carbocycles. The quantitative estimate of drug-likeness (QED) is 0.726. The van der Waals surface area contributed by atoms with Gasteiger partial charge in [-0.05, 0) is 25.3 Å². The second kappa shape index (κ2) is 6.20. The van der Waals surface area contributed by atoms with Crippen molar-refractivity contribution in [3.63, 3.8) is 0 Å². The summed E-state index contributed by atoms with van der Waals surface area (Å²) in [7, 11) is 0. The van der Waals surface area contributed by atoms with Gasteiger partial charge in [0.15, 0.2) is 0 Å². The Labute approximate surface area is 144 Å². The molecule has 0 saturated heterocycles. The van der Waals surface area contributed by atoms with Gasteiger partial charge in [-0.15, -0.1) is 0 Å². The van der Waals surface area contributed by atoms with Crippen molar-refractivity contribution in [2.75, 3.05) is 6.61 Å². The predicted molar refractivity (Wildman–Crippen MR) is 93.8 cm³/mol. The first-order chi connectivity index (χ1) is 12.2. The summed E-state index contributed by atoms with van der Waals surface area (Å²) in [6, 6.07) is 11.2. The number of hydrogen-bond acceptors (Lipinski definition) is 4. The van der Waals surface area contributed by atoms with Crippen molar-refractivity contribution in [1.29, 1.82) is 0 Å². The zero-order valence-electron chi connectivity index (χ0n) is 14.0. The topological polar surface area (TPSA) is 77.0 Å². The second-order valence-corrected chi connectivity index (χ2v) is 6.29. The molecule has 3 aromatic rings. The number of benzene rings is 1. The van der Waals surface area contributed by atoms with Crippen LogP contribution in [-0.4, -0.2) is 27.3 Å². The number of aromatic amines is 1. The first-order valence-electron chi connectivity index (χ1n) is 8.52. The molecule has 0 atom stereocenters. The van der Waals surface area contributed by atoms with Gasteiger partial charge >= 0.3 is 5.97 Å². The summed E-state index contributed by atoms with van der Waals surface area (Å²) in [5, 5.41) is 5.45. The van der Waals surface area contributed by atoms with Gasteiger partial charge in [0.05, 0.1) is 29.8 Å². The van der Waals surface area contributed by atoms with Crippen LogP contribution in [0.5, 0.6) is 0 Å². The fourth-order valence-corrected chi connectivity index (χ4v) is 3.11. The molecule has 1 aliphatic carbocycles. The molecule has 0 unspecified atom stereocenters. The highest BCUT2D eigenvalue weighted by molar-refractivity contribution is 6.03. The summed E-state index contributed by atoms with van der Waals surface area (Å²) in [6.45, 7) is 2.55. The minimum absolute atomic E-state index is 0.268. The minimum atomic E-state index is -0.472. The Kier molecular flexibility index (Phi) is 3.87. The van der Waals surface area contributed by atoms with Crippen LogP contribution in [0, 0.1) is 0 Å². The Bertz CT molecular complexity index is 984. The summed E-state index contributed by atoms with van der Waals surface area (Å²) < 4.78 is 6.93. The van der Waals surface area contributed by atoms with Crippen molar-refractivity contribution in [2.45, 2.75) is 32.2 Å². The van der Waals surface area contributed by atoms with Crippen molar-refractivity contribution >= 4 is 17.0 Å². The van der Waals surface area contributed by atoms with Gasteiger partial charge in [-0.25, -0.2) is 9.48 Å². The highest BCUT2D eigenvalue weighted by Gasteiger charge is 2.32. The average Bonchev–Trinajstić information content (AvgIpc) is 3.39. The van der Waals surface area contributed by atoms with Crippen molar-refractivity contribution < 1.29 is 9.53 Å². The van der Waals surface area contributed by atoms with E-state index < -0.39 is 5.97 Å². The van der Waals surface area contributed by atoms with Crippen LogP contribution in [0.15, 0.2) is 41.2 Å². The Balaban J connectivity index is 1.90. The van der Waals surface area contributed by atoms with Crippen LogP contribution in [0.1, 0.15) is 47.3 Å². The van der Waals surface area contributed by atoms with E-state index in [0.717, 1.165) is 29.5 Å². The van der Waals surface area contributed by atoms with E-state index in [9.17, 15) is 9.59 Å². The fourth-order valence-electron chi connectivity index (χ4n) is 3.11. The van der Waals surface area contributed by atoms with Crippen molar-refractivity contribution in [3.05, 3.63) is 63.6 Å². The number of esters is 1. The van der Waals surface area contributed by atoms with Gasteiger partial charge in [-0.3, -0.25) is 4.79 Å². The fraction of sp³-hybridized carbons (Fsp3) is 0.316. The molecule has 0 aliphatic heterocycles. The standard InChI is InChI=1S/C19H19N3O3/c1-2-25-19(24)14-10-15(23)20-18-16(14)17(13-8-9-13)21-22(18)11-12-6-4-3-5-7-12/h3-7,10,13H,2,8-9,11H2,1H3,(H,20,23). The summed E-state index contributed by atoms with van der Waals surface area (Å²) in [4.78, 5) is 27.3. The maximum Gasteiger partial charge on any atom is 0.339 e. The third kappa shape index (κ3) is 2.95. The molecule has 2 heterocycles. The summed E-state index contributed by atoms with van der Waals surface area (Å²) in [5.74, 6) is -0.127. The molecule has 6 nitrogen and oxygen atoms in total. The highest BCUT2D eigenvalue weighted by Crippen LogP contribution is 2.43. The number of ether oxygens (including phenoxy) is 1. The molecule has 0 amide bonds. The second-order valence-electron chi connectivity index (χ2n) is 6.29. The maximum absolute atomic E-state index is 12.4. The SMILES string of the molecule is CCOC(=O)c1cc(=O)[nH]c2c1c(C1CC1)nn2Cc1ccccc1. The first kappa shape index (κ1) is 15.6. The molecule has 128 valence electrons. The Hall–Kier alpha value is -2.89. The van der Waals surface area contributed by atoms with Crippen LogP contribution in [-0.2, 0) is 11.3 Å². The van der Waals surface area contributed by atoms with E-state index in [2.05, 4.69) is 4.98 Å². The normalized spacial score (nSPS) is 14.0. The summed E-state index contributed by atoms with van der Waals surface area (Å²) in [6.07, 6.45) is 2.11. The lowest BCUT2D eigenvalue weighted by Gasteiger charge is -2.05. The summed E-state index contributed by atoms with van der Waals surface area (Å²) in [5.41, 5.74) is 2.53. The monoisotopic (exact) mass is 337 g/mol. The molecule has 0 radical (unpaired) electrons. The molecule has 25 heavy (non-hydrogen) atoms. The van der Waals surface area contributed by atoms with E-state index in [4.69, 9.17) is 9.84 Å². The van der Waals surface area contributed by atoms with Crippen LogP contribution in [0.3, 0.4) is 0 Å². The lowest BCUT2D eigenvalue weighted by atomic mass is 10.1. The van der Waals surface area contributed by atoms with Crippen LogP contribution in [0.4, 0.5) is 0 Å². The van der Waals surface area contributed by atoms with E-state index in [1.807, 2.05) is 30.3 Å². The van der Waals surface area contributed by atoms with Crippen molar-refractivity contribution in [1.82, 2.24) is 14.8 Å². The Morgan fingerprint density at radius 1 is 1.32 bits per heavy atom. The third-order valence-corrected chi connectivity index (χ3v) is 4.40. The van der Waals surface area contributed by atoms with Gasteiger partial charge in [0, 0.05) is 12.0 Å². The van der Waals surface area contributed by atoms with E-state index in [1.165, 1.54) is 6.07 Å². The van der Waals surface area contributed by atoms with Gasteiger partial charge in [0.25, 0.3) is 0 Å². The number of aromatic nitrogens is 3. The van der Waals surface area contributed by atoms with E-state index in [-0.39, 0.29) is 12.2 Å². The number of carbonyl (C=O) groups is 1. The van der Waals surface area contributed by atoms with Crippen molar-refractivity contribution in [2.24, 2.45) is 0 Å². The largest absolute Gasteiger partial charge is 0.462 e. The molecule has 1 saturated carbocycles. The van der Waals surface area contributed by atoms with Crippen molar-refractivity contribution in [3.8, 4) is 0 Å². The molecule has 2 aromatic heterocycles. The number of nitrogens with one attached hydrogen (secondary N) is 1. The zero-order chi connectivity index (χ0) is 17.4. The molecule has 1 fully saturated rings.